The fraction of sp³-hybridized carbons (Fsp3) is 0.417. The van der Waals surface area contributed by atoms with Crippen molar-refractivity contribution < 1.29 is 0 Å². The lowest BCUT2D eigenvalue weighted by Crippen LogP contribution is -2.46. The molecular weight excluding hydrogens is 372 g/mol. The van der Waals surface area contributed by atoms with Gasteiger partial charge in [-0.1, -0.05) is 13.8 Å². The predicted molar refractivity (Wildman–Crippen MR) is 129 cm³/mol. The molecule has 0 radical (unpaired) electrons. The standard InChI is InChI=1S/C24H34N6/c1-3-13-27-23(25)19-5-9-21(10-6-19)29-15-17-30(18-16-29)22-11-7-20(8-12-22)24(26)28-14-4-2/h5-12H,3-4,13-18H2,1-2H3,(H2,25,27)(H2,26,28). The molecule has 1 fully saturated rings. The van der Waals surface area contributed by atoms with E-state index >= 15 is 0 Å². The van der Waals surface area contributed by atoms with E-state index in [1.165, 1.54) is 11.4 Å². The van der Waals surface area contributed by atoms with E-state index < -0.39 is 0 Å². The molecule has 30 heavy (non-hydrogen) atoms. The summed E-state index contributed by atoms with van der Waals surface area (Å²) in [6.45, 7) is 9.70. The van der Waals surface area contributed by atoms with Gasteiger partial charge in [-0.15, -0.1) is 0 Å². The lowest BCUT2D eigenvalue weighted by Gasteiger charge is -2.37. The molecule has 6 nitrogen and oxygen atoms in total. The summed E-state index contributed by atoms with van der Waals surface area (Å²) >= 11 is 0. The van der Waals surface area contributed by atoms with Gasteiger partial charge in [-0.05, 0) is 61.4 Å². The Bertz CT molecular complexity index is 773. The summed E-state index contributed by atoms with van der Waals surface area (Å²) in [6, 6.07) is 16.9. The number of benzene rings is 2. The summed E-state index contributed by atoms with van der Waals surface area (Å²) in [5.41, 5.74) is 16.6. The summed E-state index contributed by atoms with van der Waals surface area (Å²) in [4.78, 5) is 13.6. The summed E-state index contributed by atoms with van der Waals surface area (Å²) in [6.07, 6.45) is 2.01. The van der Waals surface area contributed by atoms with Crippen molar-refractivity contribution in [3.63, 3.8) is 0 Å². The smallest absolute Gasteiger partial charge is 0.125 e. The second-order valence-corrected chi connectivity index (χ2v) is 7.60. The molecule has 0 aromatic heterocycles. The highest BCUT2D eigenvalue weighted by molar-refractivity contribution is 5.98. The van der Waals surface area contributed by atoms with Crippen LogP contribution in [-0.2, 0) is 0 Å². The number of rotatable bonds is 8. The van der Waals surface area contributed by atoms with E-state index in [1.54, 1.807) is 0 Å². The maximum absolute atomic E-state index is 6.06. The third-order valence-electron chi connectivity index (χ3n) is 5.35. The molecule has 3 rings (SSSR count). The first-order chi connectivity index (χ1) is 14.6. The van der Waals surface area contributed by atoms with Gasteiger partial charge in [0, 0.05) is 61.8 Å². The summed E-state index contributed by atoms with van der Waals surface area (Å²) in [5, 5.41) is 0. The molecule has 0 saturated carbocycles. The lowest BCUT2D eigenvalue weighted by atomic mass is 10.1. The molecule has 1 heterocycles. The van der Waals surface area contributed by atoms with Crippen LogP contribution in [0.2, 0.25) is 0 Å². The number of anilines is 2. The third-order valence-corrected chi connectivity index (χ3v) is 5.35. The molecule has 2 aromatic rings. The van der Waals surface area contributed by atoms with Gasteiger partial charge >= 0.3 is 0 Å². The average Bonchev–Trinajstić information content (AvgIpc) is 2.81. The zero-order valence-corrected chi connectivity index (χ0v) is 18.2. The average molecular weight is 407 g/mol. The highest BCUT2D eigenvalue weighted by Crippen LogP contribution is 2.21. The van der Waals surface area contributed by atoms with Crippen LogP contribution < -0.4 is 21.3 Å². The Balaban J connectivity index is 1.57. The SMILES string of the molecule is CCCN=C(N)c1ccc(N2CCN(c3ccc(C(N)=NCCC)cc3)CC2)cc1. The predicted octanol–water partition coefficient (Wildman–Crippen LogP) is 3.24. The maximum Gasteiger partial charge on any atom is 0.125 e. The second kappa shape index (κ2) is 10.7. The quantitative estimate of drug-likeness (QED) is 0.521. The molecule has 160 valence electrons. The number of nitrogens with zero attached hydrogens (tertiary/aromatic N) is 4. The van der Waals surface area contributed by atoms with E-state index in [4.69, 9.17) is 11.5 Å². The maximum atomic E-state index is 6.06. The highest BCUT2D eigenvalue weighted by atomic mass is 15.3. The minimum Gasteiger partial charge on any atom is -0.384 e. The first-order valence-electron chi connectivity index (χ1n) is 10.9. The van der Waals surface area contributed by atoms with Crippen LogP contribution in [0.1, 0.15) is 37.8 Å². The Kier molecular flexibility index (Phi) is 7.71. The molecule has 0 amide bonds. The molecule has 1 aliphatic heterocycles. The van der Waals surface area contributed by atoms with Gasteiger partial charge in [0.15, 0.2) is 0 Å². The normalized spacial score (nSPS) is 15.5. The molecule has 0 spiro atoms. The van der Waals surface area contributed by atoms with Crippen LogP contribution in [0.4, 0.5) is 11.4 Å². The van der Waals surface area contributed by atoms with Gasteiger partial charge in [-0.2, -0.15) is 0 Å². The van der Waals surface area contributed by atoms with Crippen LogP contribution >= 0.6 is 0 Å². The number of hydrogen-bond donors (Lipinski definition) is 2. The number of nitrogens with two attached hydrogens (primary N) is 2. The van der Waals surface area contributed by atoms with Crippen LogP contribution in [0.3, 0.4) is 0 Å². The van der Waals surface area contributed by atoms with Gasteiger partial charge in [0.1, 0.15) is 11.7 Å². The molecular formula is C24H34N6. The summed E-state index contributed by atoms with van der Waals surface area (Å²) in [7, 11) is 0. The topological polar surface area (TPSA) is 83.2 Å². The van der Waals surface area contributed by atoms with Crippen molar-refractivity contribution >= 4 is 23.0 Å². The Labute approximate surface area is 180 Å². The van der Waals surface area contributed by atoms with Crippen LogP contribution in [0.25, 0.3) is 0 Å². The lowest BCUT2D eigenvalue weighted by molar-refractivity contribution is 0.653. The Morgan fingerprint density at radius 1 is 0.667 bits per heavy atom. The first-order valence-corrected chi connectivity index (χ1v) is 10.9. The molecule has 0 bridgehead atoms. The van der Waals surface area contributed by atoms with Gasteiger partial charge in [-0.3, -0.25) is 9.98 Å². The van der Waals surface area contributed by atoms with Crippen molar-refractivity contribution in [2.45, 2.75) is 26.7 Å². The minimum absolute atomic E-state index is 0.622. The van der Waals surface area contributed by atoms with Crippen molar-refractivity contribution in [3.05, 3.63) is 59.7 Å². The molecule has 1 aliphatic rings. The number of amidine groups is 2. The minimum atomic E-state index is 0.622. The molecule has 1 saturated heterocycles. The largest absolute Gasteiger partial charge is 0.384 e. The van der Waals surface area contributed by atoms with Crippen LogP contribution in [0.15, 0.2) is 58.5 Å². The van der Waals surface area contributed by atoms with Crippen molar-refractivity contribution in [1.29, 1.82) is 0 Å². The highest BCUT2D eigenvalue weighted by Gasteiger charge is 2.18. The van der Waals surface area contributed by atoms with Crippen molar-refractivity contribution in [1.82, 2.24) is 0 Å². The fourth-order valence-corrected chi connectivity index (χ4v) is 3.56. The zero-order valence-electron chi connectivity index (χ0n) is 18.2. The molecule has 2 aromatic carbocycles. The Morgan fingerprint density at radius 3 is 1.30 bits per heavy atom. The zero-order chi connectivity index (χ0) is 21.3. The van der Waals surface area contributed by atoms with Gasteiger partial charge in [0.25, 0.3) is 0 Å². The van der Waals surface area contributed by atoms with Crippen molar-refractivity contribution in [3.8, 4) is 0 Å². The van der Waals surface area contributed by atoms with E-state index in [9.17, 15) is 0 Å². The van der Waals surface area contributed by atoms with Gasteiger partial charge in [0.2, 0.25) is 0 Å². The van der Waals surface area contributed by atoms with E-state index in [1.807, 2.05) is 0 Å². The Morgan fingerprint density at radius 2 is 1.00 bits per heavy atom. The molecule has 6 heteroatoms. The van der Waals surface area contributed by atoms with E-state index in [-0.39, 0.29) is 0 Å². The number of aliphatic imine (C=N–C) groups is 2. The fourth-order valence-electron chi connectivity index (χ4n) is 3.56. The third kappa shape index (κ3) is 5.53. The van der Waals surface area contributed by atoms with Crippen LogP contribution in [0.5, 0.6) is 0 Å². The second-order valence-electron chi connectivity index (χ2n) is 7.60. The monoisotopic (exact) mass is 406 g/mol. The molecule has 0 atom stereocenters. The van der Waals surface area contributed by atoms with E-state index in [0.29, 0.717) is 11.7 Å². The van der Waals surface area contributed by atoms with E-state index in [0.717, 1.165) is 63.2 Å². The molecule has 4 N–H and O–H groups in total. The van der Waals surface area contributed by atoms with E-state index in [2.05, 4.69) is 82.2 Å². The number of hydrogen-bond acceptors (Lipinski definition) is 4. The Hall–Kier alpha value is -3.02. The van der Waals surface area contributed by atoms with Gasteiger partial charge < -0.3 is 21.3 Å². The van der Waals surface area contributed by atoms with Crippen molar-refractivity contribution in [2.75, 3.05) is 49.1 Å². The molecule has 0 aliphatic carbocycles. The van der Waals surface area contributed by atoms with Gasteiger partial charge in [0.05, 0.1) is 0 Å². The van der Waals surface area contributed by atoms with Crippen LogP contribution in [0, 0.1) is 0 Å². The number of piperazine rings is 1. The summed E-state index contributed by atoms with van der Waals surface area (Å²) < 4.78 is 0. The van der Waals surface area contributed by atoms with Crippen LogP contribution in [-0.4, -0.2) is 50.9 Å². The van der Waals surface area contributed by atoms with Crippen molar-refractivity contribution in [2.24, 2.45) is 21.5 Å². The summed E-state index contributed by atoms with van der Waals surface area (Å²) in [5.74, 6) is 1.24. The molecule has 0 unspecified atom stereocenters. The van der Waals surface area contributed by atoms with Gasteiger partial charge in [-0.25, -0.2) is 0 Å². The first kappa shape index (κ1) is 21.7.